The molecule has 0 spiro atoms. The number of hydrogen-bond donors (Lipinski definition) is 0. The minimum Gasteiger partial charge on any atom is -0.497 e. The Morgan fingerprint density at radius 2 is 1.82 bits per heavy atom. The highest BCUT2D eigenvalue weighted by Crippen LogP contribution is 2.26. The summed E-state index contributed by atoms with van der Waals surface area (Å²) in [4.78, 5) is 24.2. The molecule has 22 heavy (non-hydrogen) atoms. The molecule has 0 unspecified atom stereocenters. The summed E-state index contributed by atoms with van der Waals surface area (Å²) in [6, 6.07) is 4.97. The zero-order chi connectivity index (χ0) is 15.9. The Morgan fingerprint density at radius 1 is 1.09 bits per heavy atom. The number of methoxy groups -OCH3 is 2. The normalized spacial score (nSPS) is 15.2. The highest BCUT2D eigenvalue weighted by Gasteiger charge is 2.24. The van der Waals surface area contributed by atoms with Gasteiger partial charge >= 0.3 is 5.97 Å². The molecule has 5 heteroatoms. The van der Waals surface area contributed by atoms with E-state index in [1.165, 1.54) is 20.6 Å². The van der Waals surface area contributed by atoms with Crippen molar-refractivity contribution in [1.82, 2.24) is 0 Å². The zero-order valence-corrected chi connectivity index (χ0v) is 13.1. The van der Waals surface area contributed by atoms with E-state index in [1.807, 2.05) is 0 Å². The van der Waals surface area contributed by atoms with Gasteiger partial charge in [-0.25, -0.2) is 0 Å². The molecule has 0 N–H and O–H groups in total. The fourth-order valence-electron chi connectivity index (χ4n) is 2.70. The third-order valence-corrected chi connectivity index (χ3v) is 3.99. The molecule has 5 nitrogen and oxygen atoms in total. The number of carbonyl (C=O) groups excluding carboxylic acids is 2. The van der Waals surface area contributed by atoms with Crippen LogP contribution in [0.5, 0.6) is 11.5 Å². The SMILES string of the molecule is COc1ccc(OC)c(C(=O)COC(=O)C2CCCCC2)c1. The van der Waals surface area contributed by atoms with Gasteiger partial charge < -0.3 is 14.2 Å². The lowest BCUT2D eigenvalue weighted by Crippen LogP contribution is -2.23. The fraction of sp³-hybridized carbons (Fsp3) is 0.529. The van der Waals surface area contributed by atoms with E-state index in [2.05, 4.69) is 0 Å². The Kier molecular flexibility index (Phi) is 5.81. The van der Waals surface area contributed by atoms with Gasteiger partial charge in [-0.05, 0) is 31.0 Å². The summed E-state index contributed by atoms with van der Waals surface area (Å²) in [5.41, 5.74) is 0.360. The number of hydrogen-bond acceptors (Lipinski definition) is 5. The van der Waals surface area contributed by atoms with Crippen LogP contribution < -0.4 is 9.47 Å². The largest absolute Gasteiger partial charge is 0.497 e. The van der Waals surface area contributed by atoms with Gasteiger partial charge in [0.1, 0.15) is 11.5 Å². The van der Waals surface area contributed by atoms with Crippen LogP contribution in [0.15, 0.2) is 18.2 Å². The van der Waals surface area contributed by atoms with E-state index >= 15 is 0 Å². The van der Waals surface area contributed by atoms with E-state index in [1.54, 1.807) is 18.2 Å². The molecule has 0 saturated heterocycles. The molecule has 2 rings (SSSR count). The van der Waals surface area contributed by atoms with Gasteiger partial charge in [0.05, 0.1) is 25.7 Å². The van der Waals surface area contributed by atoms with Crippen molar-refractivity contribution in [3.8, 4) is 11.5 Å². The Bertz CT molecular complexity index is 532. The number of carbonyl (C=O) groups is 2. The zero-order valence-electron chi connectivity index (χ0n) is 13.1. The average molecular weight is 306 g/mol. The molecular formula is C17H22O5. The van der Waals surface area contributed by atoms with Crippen molar-refractivity contribution >= 4 is 11.8 Å². The minimum atomic E-state index is -0.292. The molecule has 1 aromatic carbocycles. The van der Waals surface area contributed by atoms with Gasteiger partial charge in [0.25, 0.3) is 0 Å². The van der Waals surface area contributed by atoms with Crippen LogP contribution in [0.3, 0.4) is 0 Å². The quantitative estimate of drug-likeness (QED) is 0.597. The van der Waals surface area contributed by atoms with Gasteiger partial charge in [-0.15, -0.1) is 0 Å². The molecule has 120 valence electrons. The predicted molar refractivity (Wildman–Crippen MR) is 81.4 cm³/mol. The molecule has 0 radical (unpaired) electrons. The first-order valence-corrected chi connectivity index (χ1v) is 7.57. The monoisotopic (exact) mass is 306 g/mol. The van der Waals surface area contributed by atoms with Gasteiger partial charge in [0.2, 0.25) is 5.78 Å². The van der Waals surface area contributed by atoms with Crippen LogP contribution in [0.25, 0.3) is 0 Å². The van der Waals surface area contributed by atoms with Crippen LogP contribution in [-0.4, -0.2) is 32.6 Å². The molecule has 0 heterocycles. The van der Waals surface area contributed by atoms with Crippen molar-refractivity contribution in [3.63, 3.8) is 0 Å². The second-order valence-electron chi connectivity index (χ2n) is 5.43. The van der Waals surface area contributed by atoms with Crippen LogP contribution in [0, 0.1) is 5.92 Å². The molecule has 1 fully saturated rings. The fourth-order valence-corrected chi connectivity index (χ4v) is 2.70. The Morgan fingerprint density at radius 3 is 2.45 bits per heavy atom. The standard InChI is InChI=1S/C17H22O5/c1-20-13-8-9-16(21-2)14(10-13)15(18)11-22-17(19)12-6-4-3-5-7-12/h8-10,12H,3-7,11H2,1-2H3. The van der Waals surface area contributed by atoms with E-state index in [0.717, 1.165) is 25.7 Å². The number of esters is 1. The van der Waals surface area contributed by atoms with E-state index < -0.39 is 0 Å². The summed E-state index contributed by atoms with van der Waals surface area (Å²) in [5, 5.41) is 0. The van der Waals surface area contributed by atoms with Gasteiger partial charge in [0, 0.05) is 0 Å². The highest BCUT2D eigenvalue weighted by molar-refractivity contribution is 6.00. The topological polar surface area (TPSA) is 61.8 Å². The lowest BCUT2D eigenvalue weighted by molar-refractivity contribution is -0.148. The van der Waals surface area contributed by atoms with E-state index in [0.29, 0.717) is 17.1 Å². The van der Waals surface area contributed by atoms with Gasteiger partial charge in [0.15, 0.2) is 6.61 Å². The minimum absolute atomic E-state index is 0.0613. The van der Waals surface area contributed by atoms with Crippen molar-refractivity contribution < 1.29 is 23.8 Å². The first-order valence-electron chi connectivity index (χ1n) is 7.57. The summed E-state index contributed by atoms with van der Waals surface area (Å²) in [6.07, 6.45) is 4.99. The first-order chi connectivity index (χ1) is 10.7. The van der Waals surface area contributed by atoms with Crippen LogP contribution >= 0.6 is 0 Å². The lowest BCUT2D eigenvalue weighted by Gasteiger charge is -2.19. The molecule has 0 amide bonds. The molecule has 1 aliphatic carbocycles. The maximum absolute atomic E-state index is 12.3. The maximum Gasteiger partial charge on any atom is 0.309 e. The molecule has 1 aromatic rings. The summed E-state index contributed by atoms with van der Waals surface area (Å²) in [5.74, 6) is 0.380. The molecule has 1 saturated carbocycles. The Hall–Kier alpha value is -2.04. The lowest BCUT2D eigenvalue weighted by atomic mass is 9.89. The third kappa shape index (κ3) is 4.00. The van der Waals surface area contributed by atoms with Gasteiger partial charge in [-0.3, -0.25) is 9.59 Å². The van der Waals surface area contributed by atoms with E-state index in [-0.39, 0.29) is 24.3 Å². The average Bonchev–Trinajstić information content (AvgIpc) is 2.59. The smallest absolute Gasteiger partial charge is 0.309 e. The van der Waals surface area contributed by atoms with Crippen molar-refractivity contribution in [1.29, 1.82) is 0 Å². The molecular weight excluding hydrogens is 284 g/mol. The van der Waals surface area contributed by atoms with Crippen molar-refractivity contribution in [3.05, 3.63) is 23.8 Å². The molecule has 0 bridgehead atoms. The highest BCUT2D eigenvalue weighted by atomic mass is 16.5. The van der Waals surface area contributed by atoms with Crippen molar-refractivity contribution in [2.45, 2.75) is 32.1 Å². The predicted octanol–water partition coefficient (Wildman–Crippen LogP) is 3.01. The van der Waals surface area contributed by atoms with Crippen LogP contribution in [0.4, 0.5) is 0 Å². The molecule has 0 aromatic heterocycles. The molecule has 0 aliphatic heterocycles. The molecule has 1 aliphatic rings. The summed E-state index contributed by atoms with van der Waals surface area (Å²) >= 11 is 0. The maximum atomic E-state index is 12.3. The van der Waals surface area contributed by atoms with Crippen LogP contribution in [0.1, 0.15) is 42.5 Å². The second kappa shape index (κ2) is 7.82. The van der Waals surface area contributed by atoms with Crippen LogP contribution in [-0.2, 0) is 9.53 Å². The molecule has 0 atom stereocenters. The first kappa shape index (κ1) is 16.3. The Labute approximate surface area is 130 Å². The number of benzene rings is 1. The number of Topliss-reactive ketones (excluding diaryl/α,β-unsaturated/α-hetero) is 1. The Balaban J connectivity index is 1.98. The third-order valence-electron chi connectivity index (χ3n) is 3.99. The summed E-state index contributed by atoms with van der Waals surface area (Å²) < 4.78 is 15.5. The number of ketones is 1. The van der Waals surface area contributed by atoms with Gasteiger partial charge in [-0.1, -0.05) is 19.3 Å². The van der Waals surface area contributed by atoms with Gasteiger partial charge in [-0.2, -0.15) is 0 Å². The number of rotatable bonds is 6. The van der Waals surface area contributed by atoms with Crippen molar-refractivity contribution in [2.75, 3.05) is 20.8 Å². The van der Waals surface area contributed by atoms with Crippen LogP contribution in [0.2, 0.25) is 0 Å². The van der Waals surface area contributed by atoms with E-state index in [4.69, 9.17) is 14.2 Å². The summed E-state index contributed by atoms with van der Waals surface area (Å²) in [6.45, 7) is -0.265. The van der Waals surface area contributed by atoms with Crippen molar-refractivity contribution in [2.24, 2.45) is 5.92 Å². The number of ether oxygens (including phenoxy) is 3. The second-order valence-corrected chi connectivity index (χ2v) is 5.43. The summed E-state index contributed by atoms with van der Waals surface area (Å²) in [7, 11) is 3.02. The van der Waals surface area contributed by atoms with E-state index in [9.17, 15) is 9.59 Å².